The molecule has 0 aliphatic carbocycles. The minimum atomic E-state index is 0.0700. The molecule has 0 fully saturated rings. The smallest absolute Gasteiger partial charge is 0.194 e. The molecule has 66 valence electrons. The quantitative estimate of drug-likeness (QED) is 0.665. The predicted octanol–water partition coefficient (Wildman–Crippen LogP) is 0.462. The number of imidazole rings is 1. The number of aromatic amines is 1. The lowest BCUT2D eigenvalue weighted by Crippen LogP contribution is -2.21. The highest BCUT2D eigenvalue weighted by atomic mass is 16.1. The summed E-state index contributed by atoms with van der Waals surface area (Å²) in [5.74, 6) is 0.845. The van der Waals surface area contributed by atoms with Crippen molar-refractivity contribution in [2.24, 2.45) is 0 Å². The second-order valence-corrected chi connectivity index (χ2v) is 3.04. The Morgan fingerprint density at radius 1 is 1.67 bits per heavy atom. The van der Waals surface area contributed by atoms with Gasteiger partial charge in [0.05, 0.1) is 12.7 Å². The van der Waals surface area contributed by atoms with Gasteiger partial charge in [-0.25, -0.2) is 4.98 Å². The van der Waals surface area contributed by atoms with Crippen LogP contribution in [-0.4, -0.2) is 41.3 Å². The zero-order valence-electron chi connectivity index (χ0n) is 7.59. The van der Waals surface area contributed by atoms with E-state index < -0.39 is 0 Å². The van der Waals surface area contributed by atoms with Crippen molar-refractivity contribution >= 4 is 5.78 Å². The molecule has 4 heteroatoms. The average Bonchev–Trinajstić information content (AvgIpc) is 2.34. The van der Waals surface area contributed by atoms with Crippen molar-refractivity contribution in [3.63, 3.8) is 0 Å². The first kappa shape index (κ1) is 8.93. The molecule has 0 spiro atoms. The Hall–Kier alpha value is -1.16. The molecule has 0 saturated carbocycles. The monoisotopic (exact) mass is 167 g/mol. The number of hydrogen-bond acceptors (Lipinski definition) is 3. The van der Waals surface area contributed by atoms with Crippen molar-refractivity contribution < 1.29 is 4.79 Å². The van der Waals surface area contributed by atoms with Gasteiger partial charge in [0.15, 0.2) is 5.78 Å². The van der Waals surface area contributed by atoms with Gasteiger partial charge in [0.1, 0.15) is 11.5 Å². The van der Waals surface area contributed by atoms with Crippen molar-refractivity contribution in [2.45, 2.75) is 6.92 Å². The van der Waals surface area contributed by atoms with E-state index in [0.717, 1.165) is 5.82 Å². The summed E-state index contributed by atoms with van der Waals surface area (Å²) in [6.07, 6.45) is 1.57. The Morgan fingerprint density at radius 3 is 2.75 bits per heavy atom. The van der Waals surface area contributed by atoms with Gasteiger partial charge in [-0.1, -0.05) is 0 Å². The molecule has 1 aromatic heterocycles. The van der Waals surface area contributed by atoms with Crippen LogP contribution in [0.1, 0.15) is 16.3 Å². The standard InChI is InChI=1S/C8H13N3O/c1-6-9-4-7(10-6)8(12)5-11(2)3/h4H,5H2,1-3H3,(H,9,10). The Labute approximate surface area is 71.6 Å². The summed E-state index contributed by atoms with van der Waals surface area (Å²) in [5, 5.41) is 0. The first-order chi connectivity index (χ1) is 5.59. The number of aryl methyl sites for hydroxylation is 1. The predicted molar refractivity (Wildman–Crippen MR) is 46.2 cm³/mol. The number of carbonyl (C=O) groups is 1. The SMILES string of the molecule is Cc1ncc(C(=O)CN(C)C)[nH]1. The lowest BCUT2D eigenvalue weighted by Gasteiger charge is -2.05. The number of H-pyrrole nitrogens is 1. The van der Waals surface area contributed by atoms with Crippen LogP contribution < -0.4 is 0 Å². The van der Waals surface area contributed by atoms with Gasteiger partial charge in [-0.2, -0.15) is 0 Å². The molecule has 0 atom stereocenters. The summed E-state index contributed by atoms with van der Waals surface area (Å²) in [7, 11) is 3.72. The molecule has 0 aliphatic heterocycles. The maximum Gasteiger partial charge on any atom is 0.194 e. The summed E-state index contributed by atoms with van der Waals surface area (Å²) in [5.41, 5.74) is 0.584. The number of aromatic nitrogens is 2. The van der Waals surface area contributed by atoms with Gasteiger partial charge in [-0.05, 0) is 21.0 Å². The lowest BCUT2D eigenvalue weighted by molar-refractivity contribution is 0.0953. The van der Waals surface area contributed by atoms with Crippen molar-refractivity contribution in [3.05, 3.63) is 17.7 Å². The van der Waals surface area contributed by atoms with E-state index in [0.29, 0.717) is 12.2 Å². The first-order valence-electron chi connectivity index (χ1n) is 3.79. The first-order valence-corrected chi connectivity index (χ1v) is 3.79. The molecular weight excluding hydrogens is 154 g/mol. The summed E-state index contributed by atoms with van der Waals surface area (Å²) in [4.78, 5) is 20.0. The third-order valence-corrected chi connectivity index (χ3v) is 1.46. The van der Waals surface area contributed by atoms with E-state index in [2.05, 4.69) is 9.97 Å². The molecule has 1 rings (SSSR count). The van der Waals surface area contributed by atoms with Crippen LogP contribution in [0.25, 0.3) is 0 Å². The molecule has 0 bridgehead atoms. The van der Waals surface area contributed by atoms with Crippen molar-refractivity contribution in [2.75, 3.05) is 20.6 Å². The number of likely N-dealkylation sites (N-methyl/N-ethyl adjacent to an activating group) is 1. The minimum absolute atomic E-state index is 0.0700. The number of ketones is 1. The number of nitrogens with one attached hydrogen (secondary N) is 1. The van der Waals surface area contributed by atoms with Crippen LogP contribution in [0.15, 0.2) is 6.20 Å². The van der Waals surface area contributed by atoms with Gasteiger partial charge in [-0.3, -0.25) is 4.79 Å². The normalized spacial score (nSPS) is 10.7. The third-order valence-electron chi connectivity index (χ3n) is 1.46. The lowest BCUT2D eigenvalue weighted by atomic mass is 10.3. The number of Topliss-reactive ketones (excluding diaryl/α,β-unsaturated/α-hetero) is 1. The van der Waals surface area contributed by atoms with E-state index in [1.807, 2.05) is 25.9 Å². The third kappa shape index (κ3) is 2.17. The van der Waals surface area contributed by atoms with Crippen LogP contribution in [0.2, 0.25) is 0 Å². The molecule has 12 heavy (non-hydrogen) atoms. The van der Waals surface area contributed by atoms with Gasteiger partial charge in [-0.15, -0.1) is 0 Å². The molecule has 0 radical (unpaired) electrons. The number of nitrogens with zero attached hydrogens (tertiary/aromatic N) is 2. The van der Waals surface area contributed by atoms with Gasteiger partial charge >= 0.3 is 0 Å². The summed E-state index contributed by atoms with van der Waals surface area (Å²) >= 11 is 0. The van der Waals surface area contributed by atoms with Crippen LogP contribution in [-0.2, 0) is 0 Å². The maximum atomic E-state index is 11.4. The van der Waals surface area contributed by atoms with Crippen LogP contribution in [0.3, 0.4) is 0 Å². The fourth-order valence-corrected chi connectivity index (χ4v) is 0.935. The largest absolute Gasteiger partial charge is 0.340 e. The number of hydrogen-bond donors (Lipinski definition) is 1. The molecule has 0 saturated heterocycles. The summed E-state index contributed by atoms with van der Waals surface area (Å²) < 4.78 is 0. The van der Waals surface area contributed by atoms with Crippen LogP contribution in [0.4, 0.5) is 0 Å². The Morgan fingerprint density at radius 2 is 2.33 bits per heavy atom. The number of carbonyl (C=O) groups excluding carboxylic acids is 1. The molecular formula is C8H13N3O. The van der Waals surface area contributed by atoms with Crippen molar-refractivity contribution in [1.82, 2.24) is 14.9 Å². The van der Waals surface area contributed by atoms with Crippen LogP contribution in [0, 0.1) is 6.92 Å². The highest BCUT2D eigenvalue weighted by molar-refractivity contribution is 5.95. The van der Waals surface area contributed by atoms with Gasteiger partial charge in [0.25, 0.3) is 0 Å². The second-order valence-electron chi connectivity index (χ2n) is 3.04. The van der Waals surface area contributed by atoms with Crippen molar-refractivity contribution in [1.29, 1.82) is 0 Å². The van der Waals surface area contributed by atoms with Crippen LogP contribution in [0.5, 0.6) is 0 Å². The van der Waals surface area contributed by atoms with E-state index >= 15 is 0 Å². The Balaban J connectivity index is 2.65. The topological polar surface area (TPSA) is 49.0 Å². The highest BCUT2D eigenvalue weighted by Crippen LogP contribution is 1.97. The molecule has 1 aromatic rings. The van der Waals surface area contributed by atoms with Gasteiger partial charge < -0.3 is 9.88 Å². The summed E-state index contributed by atoms with van der Waals surface area (Å²) in [6.45, 7) is 2.24. The molecule has 4 nitrogen and oxygen atoms in total. The van der Waals surface area contributed by atoms with E-state index in [9.17, 15) is 4.79 Å². The highest BCUT2D eigenvalue weighted by Gasteiger charge is 2.08. The average molecular weight is 167 g/mol. The van der Waals surface area contributed by atoms with E-state index in [4.69, 9.17) is 0 Å². The molecule has 1 N–H and O–H groups in total. The van der Waals surface area contributed by atoms with E-state index in [1.165, 1.54) is 0 Å². The maximum absolute atomic E-state index is 11.4. The Kier molecular flexibility index (Phi) is 2.60. The molecule has 0 aliphatic rings. The molecule has 1 heterocycles. The van der Waals surface area contributed by atoms with Gasteiger partial charge in [0.2, 0.25) is 0 Å². The van der Waals surface area contributed by atoms with E-state index in [1.54, 1.807) is 6.20 Å². The van der Waals surface area contributed by atoms with Gasteiger partial charge in [0, 0.05) is 0 Å². The molecule has 0 unspecified atom stereocenters. The summed E-state index contributed by atoms with van der Waals surface area (Å²) in [6, 6.07) is 0. The molecule has 0 aromatic carbocycles. The fraction of sp³-hybridized carbons (Fsp3) is 0.500. The van der Waals surface area contributed by atoms with E-state index in [-0.39, 0.29) is 5.78 Å². The van der Waals surface area contributed by atoms with Crippen molar-refractivity contribution in [3.8, 4) is 0 Å². The van der Waals surface area contributed by atoms with Crippen LogP contribution >= 0.6 is 0 Å². The zero-order valence-corrected chi connectivity index (χ0v) is 7.59. The Bertz CT molecular complexity index is 278. The zero-order chi connectivity index (χ0) is 9.14. The molecule has 0 amide bonds. The minimum Gasteiger partial charge on any atom is -0.340 e. The fourth-order valence-electron chi connectivity index (χ4n) is 0.935. The second kappa shape index (κ2) is 3.49. The number of rotatable bonds is 3.